The number of amides is 1. The van der Waals surface area contributed by atoms with Crippen LogP contribution in [0.15, 0.2) is 62.8 Å². The van der Waals surface area contributed by atoms with Crippen molar-refractivity contribution >= 4 is 62.4 Å². The number of para-hydroxylation sites is 1. The zero-order chi connectivity index (χ0) is 22.9. The van der Waals surface area contributed by atoms with Crippen LogP contribution < -0.4 is 9.77 Å². The molecule has 3 heterocycles. The molecule has 168 valence electrons. The molecule has 2 aliphatic heterocycles. The molecular formula is C24H21BrN4O3S. The van der Waals surface area contributed by atoms with E-state index >= 15 is 0 Å². The molecule has 1 aromatic heterocycles. The van der Waals surface area contributed by atoms with Crippen molar-refractivity contribution < 1.29 is 9.90 Å². The van der Waals surface area contributed by atoms with E-state index in [1.54, 1.807) is 17.2 Å². The fourth-order valence-electron chi connectivity index (χ4n) is 4.05. The molecule has 1 amide bonds. The quantitative estimate of drug-likeness (QED) is 0.559. The van der Waals surface area contributed by atoms with Crippen LogP contribution in [0.1, 0.15) is 10.4 Å². The summed E-state index contributed by atoms with van der Waals surface area (Å²) in [4.78, 5) is 33.8. The van der Waals surface area contributed by atoms with Gasteiger partial charge in [0, 0.05) is 53.7 Å². The monoisotopic (exact) mass is 524 g/mol. The van der Waals surface area contributed by atoms with E-state index in [2.05, 4.69) is 38.0 Å². The Morgan fingerprint density at radius 2 is 1.88 bits per heavy atom. The van der Waals surface area contributed by atoms with Gasteiger partial charge in [0.15, 0.2) is 0 Å². The lowest BCUT2D eigenvalue weighted by atomic mass is 10.1. The second kappa shape index (κ2) is 8.99. The number of carbonyl (C=O) groups is 1. The molecule has 0 bridgehead atoms. The van der Waals surface area contributed by atoms with Gasteiger partial charge in [0.05, 0.1) is 10.6 Å². The maximum atomic E-state index is 12.9. The van der Waals surface area contributed by atoms with Gasteiger partial charge in [0.2, 0.25) is 11.8 Å². The third-order valence-corrected chi connectivity index (χ3v) is 7.25. The number of aromatic nitrogens is 1. The molecule has 7 nitrogen and oxygen atoms in total. The summed E-state index contributed by atoms with van der Waals surface area (Å²) in [5.74, 6) is -0.362. The molecule has 0 radical (unpaired) electrons. The summed E-state index contributed by atoms with van der Waals surface area (Å²) in [5, 5.41) is 10.7. The summed E-state index contributed by atoms with van der Waals surface area (Å²) in [6.45, 7) is 2.43. The highest BCUT2D eigenvalue weighted by Crippen LogP contribution is 2.36. The lowest BCUT2D eigenvalue weighted by Crippen LogP contribution is -2.49. The van der Waals surface area contributed by atoms with Crippen molar-refractivity contribution in [1.82, 2.24) is 9.47 Å². The van der Waals surface area contributed by atoms with Crippen LogP contribution in [0, 0.1) is 0 Å². The van der Waals surface area contributed by atoms with E-state index in [1.807, 2.05) is 36.4 Å². The Kier molecular flexibility index (Phi) is 5.90. The number of rotatable bonds is 4. The molecular weight excluding hydrogens is 504 g/mol. The average molecular weight is 525 g/mol. The van der Waals surface area contributed by atoms with Crippen LogP contribution in [0.25, 0.3) is 11.6 Å². The number of aromatic hydroxyl groups is 1. The number of anilines is 1. The Morgan fingerprint density at radius 1 is 1.12 bits per heavy atom. The predicted octanol–water partition coefficient (Wildman–Crippen LogP) is 3.98. The van der Waals surface area contributed by atoms with Gasteiger partial charge in [-0.05, 0) is 36.4 Å². The molecule has 3 aromatic rings. The Labute approximate surface area is 203 Å². The van der Waals surface area contributed by atoms with Crippen molar-refractivity contribution in [2.24, 2.45) is 4.99 Å². The van der Waals surface area contributed by atoms with Crippen LogP contribution in [-0.2, 0) is 11.3 Å². The fraction of sp³-hybridized carbons (Fsp3) is 0.208. The van der Waals surface area contributed by atoms with Gasteiger partial charge < -0.3 is 14.9 Å². The summed E-state index contributed by atoms with van der Waals surface area (Å²) in [6.07, 6.45) is 3.45. The minimum absolute atomic E-state index is 0.172. The number of allylic oxidation sites excluding steroid dienone is 1. The van der Waals surface area contributed by atoms with Crippen LogP contribution in [0.4, 0.5) is 11.4 Å². The SMILES string of the molecule is O=C(Cn1c(O)c(C=C2C=Nc3ccc(Br)cc32)sc1=O)N1CCN(c2ccccc2)CC1. The number of thiazole rings is 1. The number of halogens is 1. The number of hydrogen-bond acceptors (Lipinski definition) is 6. The Bertz CT molecular complexity index is 1320. The van der Waals surface area contributed by atoms with Crippen molar-refractivity contribution in [2.45, 2.75) is 6.54 Å². The van der Waals surface area contributed by atoms with E-state index in [4.69, 9.17) is 0 Å². The van der Waals surface area contributed by atoms with Crippen LogP contribution in [0.2, 0.25) is 0 Å². The minimum atomic E-state index is -0.361. The van der Waals surface area contributed by atoms with Gasteiger partial charge in [-0.3, -0.25) is 19.1 Å². The topological polar surface area (TPSA) is 78.1 Å². The van der Waals surface area contributed by atoms with E-state index < -0.39 is 0 Å². The van der Waals surface area contributed by atoms with Crippen molar-refractivity contribution in [3.8, 4) is 5.88 Å². The van der Waals surface area contributed by atoms with Gasteiger partial charge >= 0.3 is 4.87 Å². The third kappa shape index (κ3) is 4.38. The van der Waals surface area contributed by atoms with Gasteiger partial charge in [0.25, 0.3) is 0 Å². The van der Waals surface area contributed by atoms with Gasteiger partial charge in [-0.15, -0.1) is 0 Å². The molecule has 1 saturated heterocycles. The molecule has 0 atom stereocenters. The van der Waals surface area contributed by atoms with E-state index in [1.165, 1.54) is 0 Å². The highest BCUT2D eigenvalue weighted by molar-refractivity contribution is 9.10. The first-order chi connectivity index (χ1) is 16.0. The normalized spacial score (nSPS) is 16.5. The maximum absolute atomic E-state index is 12.9. The second-order valence-electron chi connectivity index (χ2n) is 7.86. The largest absolute Gasteiger partial charge is 0.493 e. The number of piperazine rings is 1. The number of benzene rings is 2. The smallest absolute Gasteiger partial charge is 0.311 e. The lowest BCUT2D eigenvalue weighted by molar-refractivity contribution is -0.132. The first-order valence-electron chi connectivity index (χ1n) is 10.6. The Hall–Kier alpha value is -3.17. The van der Waals surface area contributed by atoms with Crippen molar-refractivity contribution in [3.63, 3.8) is 0 Å². The Morgan fingerprint density at radius 3 is 2.64 bits per heavy atom. The van der Waals surface area contributed by atoms with Crippen molar-refractivity contribution in [3.05, 3.63) is 73.1 Å². The maximum Gasteiger partial charge on any atom is 0.311 e. The van der Waals surface area contributed by atoms with E-state index in [0.29, 0.717) is 18.0 Å². The molecule has 0 saturated carbocycles. The zero-order valence-electron chi connectivity index (χ0n) is 17.6. The van der Waals surface area contributed by atoms with E-state index in [0.717, 1.165) is 56.0 Å². The fourth-order valence-corrected chi connectivity index (χ4v) is 5.25. The highest BCUT2D eigenvalue weighted by atomic mass is 79.9. The molecule has 9 heteroatoms. The summed E-state index contributed by atoms with van der Waals surface area (Å²) in [5.41, 5.74) is 3.69. The zero-order valence-corrected chi connectivity index (χ0v) is 20.1. The molecule has 1 N–H and O–H groups in total. The van der Waals surface area contributed by atoms with E-state index in [9.17, 15) is 14.7 Å². The lowest BCUT2D eigenvalue weighted by Gasteiger charge is -2.36. The van der Waals surface area contributed by atoms with Gasteiger partial charge in [0.1, 0.15) is 6.54 Å². The first kappa shape index (κ1) is 21.7. The summed E-state index contributed by atoms with van der Waals surface area (Å²) in [7, 11) is 0. The summed E-state index contributed by atoms with van der Waals surface area (Å²) < 4.78 is 2.07. The van der Waals surface area contributed by atoms with Gasteiger partial charge in [-0.25, -0.2) is 0 Å². The number of aliphatic imine (C=N–C) groups is 1. The second-order valence-corrected chi connectivity index (χ2v) is 9.77. The molecule has 2 aromatic carbocycles. The number of nitrogens with zero attached hydrogens (tertiary/aromatic N) is 4. The number of hydrogen-bond donors (Lipinski definition) is 1. The molecule has 0 unspecified atom stereocenters. The average Bonchev–Trinajstić information content (AvgIpc) is 3.35. The highest BCUT2D eigenvalue weighted by Gasteiger charge is 2.24. The molecule has 5 rings (SSSR count). The van der Waals surface area contributed by atoms with Gasteiger partial charge in [-0.2, -0.15) is 0 Å². The standard InChI is InChI=1S/C24H21BrN4O3S/c25-17-6-7-20-19(13-17)16(14-26-20)12-21-23(31)29(24(32)33-21)15-22(30)28-10-8-27(9-11-28)18-4-2-1-3-5-18/h1-7,12-14,31H,8-11,15H2. The molecule has 33 heavy (non-hydrogen) atoms. The molecule has 1 fully saturated rings. The first-order valence-corrected chi connectivity index (χ1v) is 12.2. The number of carbonyl (C=O) groups excluding carboxylic acids is 1. The van der Waals surface area contributed by atoms with E-state index in [-0.39, 0.29) is 23.2 Å². The Balaban J connectivity index is 1.29. The predicted molar refractivity (Wildman–Crippen MR) is 136 cm³/mol. The van der Waals surface area contributed by atoms with Crippen molar-refractivity contribution in [1.29, 1.82) is 0 Å². The molecule has 2 aliphatic rings. The van der Waals surface area contributed by atoms with Crippen LogP contribution in [0.3, 0.4) is 0 Å². The van der Waals surface area contributed by atoms with Crippen LogP contribution >= 0.6 is 27.3 Å². The number of fused-ring (bicyclic) bond motifs is 1. The van der Waals surface area contributed by atoms with Gasteiger partial charge in [-0.1, -0.05) is 45.5 Å². The summed E-state index contributed by atoms with van der Waals surface area (Å²) >= 11 is 4.38. The van der Waals surface area contributed by atoms with Crippen LogP contribution in [0.5, 0.6) is 5.88 Å². The third-order valence-electron chi connectivity index (χ3n) is 5.84. The molecule has 0 aliphatic carbocycles. The van der Waals surface area contributed by atoms with Crippen LogP contribution in [-0.4, -0.2) is 52.9 Å². The molecule has 0 spiro atoms. The minimum Gasteiger partial charge on any atom is -0.493 e. The summed E-state index contributed by atoms with van der Waals surface area (Å²) in [6, 6.07) is 15.9. The van der Waals surface area contributed by atoms with Crippen molar-refractivity contribution in [2.75, 3.05) is 31.1 Å².